The van der Waals surface area contributed by atoms with Crippen molar-refractivity contribution in [1.82, 2.24) is 9.55 Å². The van der Waals surface area contributed by atoms with Crippen LogP contribution in [0.5, 0.6) is 0 Å². The van der Waals surface area contributed by atoms with Crippen molar-refractivity contribution in [2.45, 2.75) is 32.5 Å². The van der Waals surface area contributed by atoms with Crippen molar-refractivity contribution in [3.63, 3.8) is 0 Å². The largest absolute Gasteiger partial charge is 0.372 e. The molecule has 2 unspecified atom stereocenters. The molecule has 7 heteroatoms. The molecule has 134 valence electrons. The van der Waals surface area contributed by atoms with Crippen molar-refractivity contribution in [3.05, 3.63) is 60.7 Å². The summed E-state index contributed by atoms with van der Waals surface area (Å²) in [4.78, 5) is 29.9. The first-order chi connectivity index (χ1) is 11.8. The summed E-state index contributed by atoms with van der Waals surface area (Å²) in [5.74, 6) is 0.609. The van der Waals surface area contributed by atoms with E-state index in [4.69, 9.17) is 4.74 Å². The molecule has 2 heterocycles. The highest BCUT2D eigenvalue weighted by molar-refractivity contribution is 9.10. The number of aromatic nitrogens is 2. The molecule has 6 nitrogen and oxygen atoms in total. The Kier molecular flexibility index (Phi) is 5.15. The summed E-state index contributed by atoms with van der Waals surface area (Å²) in [7, 11) is 1.50. The Morgan fingerprint density at radius 1 is 1.16 bits per heavy atom. The first-order valence-electron chi connectivity index (χ1n) is 8.32. The zero-order valence-electron chi connectivity index (χ0n) is 14.6. The third-order valence-corrected chi connectivity index (χ3v) is 4.94. The summed E-state index contributed by atoms with van der Waals surface area (Å²) < 4.78 is 7.89. The molecule has 2 aromatic rings. The number of aromatic amines is 1. The molecule has 1 aromatic heterocycles. The minimum Gasteiger partial charge on any atom is -0.372 e. The van der Waals surface area contributed by atoms with Gasteiger partial charge in [0.2, 0.25) is 0 Å². The van der Waals surface area contributed by atoms with Gasteiger partial charge in [-0.05, 0) is 31.5 Å². The number of benzene rings is 1. The van der Waals surface area contributed by atoms with E-state index >= 15 is 0 Å². The lowest BCUT2D eigenvalue weighted by molar-refractivity contribution is -0.00553. The average Bonchev–Trinajstić information content (AvgIpc) is 2.56. The number of hydrogen-bond donors (Lipinski definition) is 1. The van der Waals surface area contributed by atoms with E-state index in [9.17, 15) is 9.59 Å². The van der Waals surface area contributed by atoms with Crippen LogP contribution >= 0.6 is 15.9 Å². The number of morpholine rings is 1. The van der Waals surface area contributed by atoms with Crippen LogP contribution < -0.4 is 16.1 Å². The molecule has 2 atom stereocenters. The van der Waals surface area contributed by atoms with E-state index < -0.39 is 5.69 Å². The van der Waals surface area contributed by atoms with Gasteiger partial charge in [0.15, 0.2) is 0 Å². The van der Waals surface area contributed by atoms with Gasteiger partial charge < -0.3 is 9.64 Å². The third kappa shape index (κ3) is 3.88. The van der Waals surface area contributed by atoms with Gasteiger partial charge in [0.1, 0.15) is 5.82 Å². The van der Waals surface area contributed by atoms with Gasteiger partial charge in [-0.1, -0.05) is 28.1 Å². The second-order valence-electron chi connectivity index (χ2n) is 6.59. The van der Waals surface area contributed by atoms with Crippen LogP contribution in [0.25, 0.3) is 0 Å². The maximum atomic E-state index is 12.8. The Hall–Kier alpha value is -1.86. The highest BCUT2D eigenvalue weighted by Crippen LogP contribution is 2.22. The van der Waals surface area contributed by atoms with Crippen LogP contribution in [0.1, 0.15) is 25.0 Å². The molecule has 1 aliphatic heterocycles. The van der Waals surface area contributed by atoms with Crippen LogP contribution in [0, 0.1) is 0 Å². The Morgan fingerprint density at radius 2 is 1.76 bits per heavy atom. The Bertz CT molecular complexity index is 863. The van der Waals surface area contributed by atoms with E-state index in [1.807, 2.05) is 38.1 Å². The molecule has 0 spiro atoms. The summed E-state index contributed by atoms with van der Waals surface area (Å²) in [5.41, 5.74) is 0.966. The van der Waals surface area contributed by atoms with E-state index in [-0.39, 0.29) is 17.8 Å². The number of halogens is 1. The van der Waals surface area contributed by atoms with Crippen molar-refractivity contribution in [2.24, 2.45) is 7.05 Å². The van der Waals surface area contributed by atoms with Crippen LogP contribution in [0.3, 0.4) is 0 Å². The molecule has 0 amide bonds. The molecule has 1 saturated heterocycles. The van der Waals surface area contributed by atoms with Crippen LogP contribution in [-0.2, 0) is 18.2 Å². The second-order valence-corrected chi connectivity index (χ2v) is 7.50. The van der Waals surface area contributed by atoms with Gasteiger partial charge in [-0.3, -0.25) is 14.3 Å². The van der Waals surface area contributed by atoms with Crippen LogP contribution in [0.4, 0.5) is 5.82 Å². The predicted octanol–water partition coefficient (Wildman–Crippen LogP) is 2.04. The van der Waals surface area contributed by atoms with Crippen LogP contribution in [0.2, 0.25) is 0 Å². The van der Waals surface area contributed by atoms with E-state index in [0.29, 0.717) is 30.9 Å². The first kappa shape index (κ1) is 17.9. The van der Waals surface area contributed by atoms with Crippen molar-refractivity contribution in [1.29, 1.82) is 0 Å². The maximum Gasteiger partial charge on any atom is 0.329 e. The van der Waals surface area contributed by atoms with E-state index in [1.165, 1.54) is 7.05 Å². The molecule has 1 aliphatic rings. The van der Waals surface area contributed by atoms with Gasteiger partial charge in [-0.15, -0.1) is 0 Å². The quantitative estimate of drug-likeness (QED) is 0.844. The molecule has 1 fully saturated rings. The van der Waals surface area contributed by atoms with Crippen molar-refractivity contribution in [2.75, 3.05) is 18.0 Å². The lowest BCUT2D eigenvalue weighted by atomic mass is 10.1. The van der Waals surface area contributed by atoms with Crippen molar-refractivity contribution < 1.29 is 4.74 Å². The summed E-state index contributed by atoms with van der Waals surface area (Å²) in [6.07, 6.45) is 0.542. The highest BCUT2D eigenvalue weighted by Gasteiger charge is 2.26. The predicted molar refractivity (Wildman–Crippen MR) is 101 cm³/mol. The minimum atomic E-state index is -0.397. The summed E-state index contributed by atoms with van der Waals surface area (Å²) >= 11 is 3.42. The number of ether oxygens (including phenoxy) is 1. The van der Waals surface area contributed by atoms with Gasteiger partial charge in [-0.2, -0.15) is 0 Å². The second kappa shape index (κ2) is 7.17. The fraction of sp³-hybridized carbons (Fsp3) is 0.444. The summed E-state index contributed by atoms with van der Waals surface area (Å²) in [6, 6.07) is 7.85. The van der Waals surface area contributed by atoms with E-state index in [2.05, 4.69) is 25.8 Å². The Morgan fingerprint density at radius 3 is 2.36 bits per heavy atom. The van der Waals surface area contributed by atoms with Crippen molar-refractivity contribution in [3.8, 4) is 0 Å². The monoisotopic (exact) mass is 407 g/mol. The molecule has 0 bridgehead atoms. The number of hydrogen-bond acceptors (Lipinski definition) is 4. The summed E-state index contributed by atoms with van der Waals surface area (Å²) in [6.45, 7) is 5.27. The normalized spacial score (nSPS) is 20.7. The third-order valence-electron chi connectivity index (χ3n) is 4.41. The molecule has 1 aromatic carbocycles. The lowest BCUT2D eigenvalue weighted by Crippen LogP contribution is -2.48. The van der Waals surface area contributed by atoms with Crippen LogP contribution in [-0.4, -0.2) is 34.8 Å². The zero-order chi connectivity index (χ0) is 18.1. The van der Waals surface area contributed by atoms with E-state index in [1.54, 1.807) is 0 Å². The lowest BCUT2D eigenvalue weighted by Gasteiger charge is -2.37. The van der Waals surface area contributed by atoms with Crippen LogP contribution in [0.15, 0.2) is 38.3 Å². The van der Waals surface area contributed by atoms with Gasteiger partial charge in [-0.25, -0.2) is 4.79 Å². The van der Waals surface area contributed by atoms with Crippen molar-refractivity contribution >= 4 is 21.7 Å². The standard InChI is InChI=1S/C18H22BrN3O3/c1-11-9-22(10-12(2)25-11)16-15(17(23)21(3)18(24)20-16)8-13-4-6-14(19)7-5-13/h4-7,11-12H,8-10H2,1-3H3,(H,20,24). The van der Waals surface area contributed by atoms with E-state index in [0.717, 1.165) is 14.6 Å². The average molecular weight is 408 g/mol. The van der Waals surface area contributed by atoms with Gasteiger partial charge >= 0.3 is 5.69 Å². The molecular formula is C18H22BrN3O3. The molecule has 0 saturated carbocycles. The Labute approximate surface area is 154 Å². The number of anilines is 1. The topological polar surface area (TPSA) is 67.3 Å². The zero-order valence-corrected chi connectivity index (χ0v) is 16.2. The smallest absolute Gasteiger partial charge is 0.329 e. The Balaban J connectivity index is 2.06. The van der Waals surface area contributed by atoms with Gasteiger partial charge in [0.05, 0.1) is 17.8 Å². The maximum absolute atomic E-state index is 12.8. The molecule has 3 rings (SSSR count). The molecule has 25 heavy (non-hydrogen) atoms. The number of nitrogens with zero attached hydrogens (tertiary/aromatic N) is 2. The number of nitrogens with one attached hydrogen (secondary N) is 1. The highest BCUT2D eigenvalue weighted by atomic mass is 79.9. The minimum absolute atomic E-state index is 0.0387. The fourth-order valence-electron chi connectivity index (χ4n) is 3.25. The molecular weight excluding hydrogens is 386 g/mol. The van der Waals surface area contributed by atoms with Gasteiger partial charge in [0, 0.05) is 31.0 Å². The fourth-order valence-corrected chi connectivity index (χ4v) is 3.52. The summed E-state index contributed by atoms with van der Waals surface area (Å²) in [5, 5.41) is 0. The SMILES string of the molecule is CC1CN(c2[nH]c(=O)n(C)c(=O)c2Cc2ccc(Br)cc2)CC(C)O1. The van der Waals surface area contributed by atoms with Gasteiger partial charge in [0.25, 0.3) is 5.56 Å². The molecule has 1 N–H and O–H groups in total. The molecule has 0 aliphatic carbocycles. The number of rotatable bonds is 3. The molecule has 0 radical (unpaired) electrons. The number of H-pyrrole nitrogens is 1. The first-order valence-corrected chi connectivity index (χ1v) is 9.11.